The van der Waals surface area contributed by atoms with Crippen LogP contribution >= 0.6 is 23.2 Å². The van der Waals surface area contributed by atoms with E-state index < -0.39 is 17.0 Å². The van der Waals surface area contributed by atoms with E-state index in [1.165, 1.54) is 7.11 Å². The monoisotopic (exact) mass is 626 g/mol. The van der Waals surface area contributed by atoms with Crippen molar-refractivity contribution in [3.63, 3.8) is 0 Å². The third-order valence-electron chi connectivity index (χ3n) is 6.78. The lowest BCUT2D eigenvalue weighted by Crippen LogP contribution is -2.42. The van der Waals surface area contributed by atoms with Crippen LogP contribution in [0.2, 0.25) is 10.0 Å². The normalized spacial score (nSPS) is 15.4. The first-order valence-electron chi connectivity index (χ1n) is 13.2. The largest absolute Gasteiger partial charge is 0.496 e. The van der Waals surface area contributed by atoms with E-state index >= 15 is 0 Å². The van der Waals surface area contributed by atoms with Crippen molar-refractivity contribution < 1.29 is 23.3 Å². The van der Waals surface area contributed by atoms with Crippen molar-refractivity contribution in [1.82, 2.24) is 9.97 Å². The van der Waals surface area contributed by atoms with Gasteiger partial charge in [0.25, 0.3) is 11.8 Å². The summed E-state index contributed by atoms with van der Waals surface area (Å²) in [4.78, 5) is 35.5. The Morgan fingerprint density at radius 2 is 1.95 bits per heavy atom. The van der Waals surface area contributed by atoms with Gasteiger partial charge in [0.15, 0.2) is 5.16 Å². The van der Waals surface area contributed by atoms with Gasteiger partial charge in [-0.2, -0.15) is 0 Å². The topological polar surface area (TPSA) is 114 Å². The van der Waals surface area contributed by atoms with Crippen LogP contribution in [0.1, 0.15) is 39.1 Å². The van der Waals surface area contributed by atoms with E-state index in [-0.39, 0.29) is 35.5 Å². The maximum atomic E-state index is 14.2. The molecule has 2 atom stereocenters. The summed E-state index contributed by atoms with van der Waals surface area (Å²) in [6.45, 7) is 0.148. The Balaban J connectivity index is 1.41. The molecule has 9 nitrogen and oxygen atoms in total. The second kappa shape index (κ2) is 13.5. The van der Waals surface area contributed by atoms with Gasteiger partial charge in [0.2, 0.25) is 0 Å². The van der Waals surface area contributed by atoms with Gasteiger partial charge >= 0.3 is 0 Å². The zero-order valence-electron chi connectivity index (χ0n) is 22.6. The van der Waals surface area contributed by atoms with E-state index in [4.69, 9.17) is 32.7 Å². The quantitative estimate of drug-likeness (QED) is 0.232. The molecule has 0 aliphatic carbocycles. The summed E-state index contributed by atoms with van der Waals surface area (Å²) in [6, 6.07) is 17.0. The molecule has 0 fully saturated rings. The van der Waals surface area contributed by atoms with Gasteiger partial charge in [-0.05, 0) is 67.3 Å². The average molecular weight is 628 g/mol. The summed E-state index contributed by atoms with van der Waals surface area (Å²) in [5, 5.41) is 4.08. The SMILES string of the molecule is COc1cc(NC(=O)c2ccccc2Cl)ccc1C(=O)N1c2ccc(Cl)cc2CCCC1OCCS(=O)c1ncc[nH]1. The highest BCUT2D eigenvalue weighted by molar-refractivity contribution is 7.84. The molecule has 2 amide bonds. The summed E-state index contributed by atoms with van der Waals surface area (Å²) < 4.78 is 24.4. The highest BCUT2D eigenvalue weighted by Crippen LogP contribution is 2.35. The van der Waals surface area contributed by atoms with E-state index in [0.29, 0.717) is 45.0 Å². The number of anilines is 2. The Labute approximate surface area is 255 Å². The van der Waals surface area contributed by atoms with E-state index in [1.54, 1.807) is 65.8 Å². The molecule has 218 valence electrons. The maximum Gasteiger partial charge on any atom is 0.264 e. The smallest absolute Gasteiger partial charge is 0.264 e. The zero-order chi connectivity index (χ0) is 29.6. The Kier molecular flexibility index (Phi) is 9.58. The van der Waals surface area contributed by atoms with E-state index in [0.717, 1.165) is 12.0 Å². The van der Waals surface area contributed by atoms with Crippen LogP contribution in [0.5, 0.6) is 5.75 Å². The van der Waals surface area contributed by atoms with Gasteiger partial charge in [-0.15, -0.1) is 0 Å². The number of halogens is 2. The van der Waals surface area contributed by atoms with Gasteiger partial charge in [0.05, 0.1) is 46.4 Å². The maximum absolute atomic E-state index is 14.2. The van der Waals surface area contributed by atoms with Crippen LogP contribution < -0.4 is 15.0 Å². The lowest BCUT2D eigenvalue weighted by atomic mass is 10.1. The fourth-order valence-corrected chi connectivity index (χ4v) is 6.02. The molecule has 0 saturated carbocycles. The van der Waals surface area contributed by atoms with Crippen LogP contribution in [0.3, 0.4) is 0 Å². The molecule has 0 saturated heterocycles. The van der Waals surface area contributed by atoms with Gasteiger partial charge in [0, 0.05) is 34.9 Å². The first-order chi connectivity index (χ1) is 20.4. The van der Waals surface area contributed by atoms with Gasteiger partial charge in [-0.1, -0.05) is 35.3 Å². The van der Waals surface area contributed by atoms with Crippen molar-refractivity contribution in [3.8, 4) is 5.75 Å². The third kappa shape index (κ3) is 6.68. The minimum atomic E-state index is -1.37. The van der Waals surface area contributed by atoms with E-state index in [9.17, 15) is 13.8 Å². The molecule has 3 aromatic carbocycles. The number of H-pyrrole nitrogens is 1. The highest BCUT2D eigenvalue weighted by atomic mass is 35.5. The fraction of sp³-hybridized carbons (Fsp3) is 0.233. The van der Waals surface area contributed by atoms with Crippen molar-refractivity contribution >= 4 is 57.2 Å². The number of fused-ring (bicyclic) bond motifs is 1. The third-order valence-corrected chi connectivity index (χ3v) is 8.54. The van der Waals surface area contributed by atoms with Crippen LogP contribution in [0.25, 0.3) is 0 Å². The molecule has 4 aromatic rings. The molecule has 12 heteroatoms. The second-order valence-electron chi connectivity index (χ2n) is 9.46. The number of rotatable bonds is 9. The minimum Gasteiger partial charge on any atom is -0.496 e. The average Bonchev–Trinajstić information content (AvgIpc) is 3.47. The number of aryl methyl sites for hydroxylation is 1. The summed E-state index contributed by atoms with van der Waals surface area (Å²) >= 11 is 12.5. The fourth-order valence-electron chi connectivity index (χ4n) is 4.79. The van der Waals surface area contributed by atoms with Crippen LogP contribution in [0.15, 0.2) is 78.2 Å². The number of carbonyl (C=O) groups is 2. The van der Waals surface area contributed by atoms with Gasteiger partial charge in [-0.3, -0.25) is 18.7 Å². The molecule has 1 aliphatic rings. The lowest BCUT2D eigenvalue weighted by molar-refractivity contribution is 0.0495. The van der Waals surface area contributed by atoms with Gasteiger partial charge in [-0.25, -0.2) is 4.98 Å². The molecular formula is C30H28Cl2N4O5S. The summed E-state index contributed by atoms with van der Waals surface area (Å²) in [7, 11) is 0.0874. The number of methoxy groups -OCH3 is 1. The lowest BCUT2D eigenvalue weighted by Gasteiger charge is -2.31. The number of aromatic amines is 1. The van der Waals surface area contributed by atoms with Crippen molar-refractivity contribution in [2.45, 2.75) is 30.6 Å². The first kappa shape index (κ1) is 29.8. The highest BCUT2D eigenvalue weighted by Gasteiger charge is 2.33. The number of hydrogen-bond acceptors (Lipinski definition) is 6. The number of hydrogen-bond donors (Lipinski definition) is 2. The van der Waals surface area contributed by atoms with Gasteiger partial charge < -0.3 is 19.8 Å². The molecule has 5 rings (SSSR count). The van der Waals surface area contributed by atoms with E-state index in [1.807, 2.05) is 12.1 Å². The predicted molar refractivity (Wildman–Crippen MR) is 163 cm³/mol. The first-order valence-corrected chi connectivity index (χ1v) is 15.3. The summed E-state index contributed by atoms with van der Waals surface area (Å²) in [5.74, 6) is -0.254. The summed E-state index contributed by atoms with van der Waals surface area (Å²) in [5.41, 5.74) is 2.64. The van der Waals surface area contributed by atoms with Gasteiger partial charge in [0.1, 0.15) is 12.0 Å². The van der Waals surface area contributed by atoms with Crippen LogP contribution in [0, 0.1) is 0 Å². The van der Waals surface area contributed by atoms with Crippen molar-refractivity contribution in [2.75, 3.05) is 29.7 Å². The van der Waals surface area contributed by atoms with Crippen molar-refractivity contribution in [2.24, 2.45) is 0 Å². The minimum absolute atomic E-state index is 0.148. The predicted octanol–water partition coefficient (Wildman–Crippen LogP) is 6.11. The number of benzene rings is 3. The molecule has 42 heavy (non-hydrogen) atoms. The van der Waals surface area contributed by atoms with E-state index in [2.05, 4.69) is 15.3 Å². The number of imidazole rings is 1. The Morgan fingerprint density at radius 3 is 2.71 bits per heavy atom. The second-order valence-corrected chi connectivity index (χ2v) is 11.8. The molecule has 1 aliphatic heterocycles. The standard InChI is InChI=1S/C30H28Cl2N4O5S/c1-40-26-18-21(35-28(37)22-6-2-3-7-24(22)32)10-11-23(26)29(38)36-25-12-9-20(31)17-19(25)5-4-8-27(36)41-15-16-42(39)30-33-13-14-34-30/h2-3,6-7,9-14,17-18,27H,4-5,8,15-16H2,1H3,(H,33,34)(H,35,37). The van der Waals surface area contributed by atoms with Crippen LogP contribution in [-0.4, -0.2) is 51.7 Å². The number of nitrogens with one attached hydrogen (secondary N) is 2. The Bertz CT molecular complexity index is 1620. The van der Waals surface area contributed by atoms with Crippen LogP contribution in [0.4, 0.5) is 11.4 Å². The number of aromatic nitrogens is 2. The molecule has 2 heterocycles. The van der Waals surface area contributed by atoms with Crippen molar-refractivity contribution in [1.29, 1.82) is 0 Å². The Morgan fingerprint density at radius 1 is 1.12 bits per heavy atom. The number of amides is 2. The molecule has 0 bridgehead atoms. The molecule has 0 radical (unpaired) electrons. The number of carbonyl (C=O) groups excluding carboxylic acids is 2. The molecule has 1 aromatic heterocycles. The Hall–Kier alpha value is -3.70. The molecule has 0 spiro atoms. The van der Waals surface area contributed by atoms with Crippen LogP contribution in [-0.2, 0) is 22.0 Å². The zero-order valence-corrected chi connectivity index (χ0v) is 25.0. The number of ether oxygens (including phenoxy) is 2. The van der Waals surface area contributed by atoms with Crippen molar-refractivity contribution in [3.05, 3.63) is 99.8 Å². The number of nitrogens with zero attached hydrogens (tertiary/aromatic N) is 2. The molecular weight excluding hydrogens is 599 g/mol. The summed E-state index contributed by atoms with van der Waals surface area (Å²) in [6.07, 6.45) is 4.55. The molecule has 2 N–H and O–H groups in total. The molecule has 2 unspecified atom stereocenters.